The monoisotopic (exact) mass is 108 g/mol. The SMILES string of the molecule is c1[nH]nc2c1CCC2. The van der Waals surface area contributed by atoms with E-state index in [1.54, 1.807) is 0 Å². The minimum absolute atomic E-state index is 1.18. The van der Waals surface area contributed by atoms with Gasteiger partial charge in [-0.05, 0) is 24.8 Å². The molecule has 2 heteroatoms. The number of hydrogen-bond donors (Lipinski definition) is 1. The fourth-order valence-corrected chi connectivity index (χ4v) is 1.22. The van der Waals surface area contributed by atoms with Crippen molar-refractivity contribution in [2.24, 2.45) is 0 Å². The van der Waals surface area contributed by atoms with Crippen LogP contribution >= 0.6 is 0 Å². The van der Waals surface area contributed by atoms with Gasteiger partial charge in [0.1, 0.15) is 0 Å². The van der Waals surface area contributed by atoms with Crippen LogP contribution in [0.4, 0.5) is 0 Å². The van der Waals surface area contributed by atoms with Crippen LogP contribution in [-0.2, 0) is 12.8 Å². The van der Waals surface area contributed by atoms with Crippen molar-refractivity contribution in [3.8, 4) is 0 Å². The molecule has 0 unspecified atom stereocenters. The molecule has 1 aliphatic rings. The number of hydrogen-bond acceptors (Lipinski definition) is 1. The second-order valence-electron chi connectivity index (χ2n) is 2.21. The van der Waals surface area contributed by atoms with Crippen LogP contribution in [0.5, 0.6) is 0 Å². The maximum absolute atomic E-state index is 4.07. The summed E-state index contributed by atoms with van der Waals surface area (Å²) in [4.78, 5) is 0. The highest BCUT2D eigenvalue weighted by Gasteiger charge is 2.11. The van der Waals surface area contributed by atoms with Crippen LogP contribution < -0.4 is 0 Å². The number of nitrogens with zero attached hydrogens (tertiary/aromatic N) is 1. The summed E-state index contributed by atoms with van der Waals surface area (Å²) in [5.41, 5.74) is 2.70. The molecule has 0 spiro atoms. The summed E-state index contributed by atoms with van der Waals surface area (Å²) in [6, 6.07) is 0. The summed E-state index contributed by atoms with van der Waals surface area (Å²) in [7, 11) is 0. The molecule has 8 heavy (non-hydrogen) atoms. The minimum atomic E-state index is 1.18. The molecule has 0 aromatic carbocycles. The van der Waals surface area contributed by atoms with Crippen molar-refractivity contribution in [1.29, 1.82) is 0 Å². The third-order valence-electron chi connectivity index (χ3n) is 1.67. The van der Waals surface area contributed by atoms with Crippen molar-refractivity contribution < 1.29 is 0 Å². The molecule has 1 heterocycles. The van der Waals surface area contributed by atoms with E-state index in [1.165, 1.54) is 30.5 Å². The van der Waals surface area contributed by atoms with E-state index in [4.69, 9.17) is 0 Å². The Morgan fingerprint density at radius 1 is 1.50 bits per heavy atom. The maximum Gasteiger partial charge on any atom is 0.0654 e. The summed E-state index contributed by atoms with van der Waals surface area (Å²) >= 11 is 0. The van der Waals surface area contributed by atoms with E-state index in [2.05, 4.69) is 10.2 Å². The van der Waals surface area contributed by atoms with Gasteiger partial charge in [0.05, 0.1) is 5.69 Å². The van der Waals surface area contributed by atoms with E-state index in [9.17, 15) is 0 Å². The molecule has 0 saturated heterocycles. The maximum atomic E-state index is 4.07. The fraction of sp³-hybridized carbons (Fsp3) is 0.500. The van der Waals surface area contributed by atoms with Crippen LogP contribution in [0.15, 0.2) is 6.20 Å². The molecule has 0 bridgehead atoms. The first-order valence-electron chi connectivity index (χ1n) is 2.98. The van der Waals surface area contributed by atoms with Crippen LogP contribution in [0.3, 0.4) is 0 Å². The Morgan fingerprint density at radius 3 is 3.38 bits per heavy atom. The van der Waals surface area contributed by atoms with Crippen molar-refractivity contribution in [3.05, 3.63) is 17.5 Å². The second-order valence-corrected chi connectivity index (χ2v) is 2.21. The van der Waals surface area contributed by atoms with E-state index < -0.39 is 0 Å². The van der Waals surface area contributed by atoms with E-state index in [1.807, 2.05) is 6.20 Å². The lowest BCUT2D eigenvalue weighted by Crippen LogP contribution is -1.76. The molecule has 1 N–H and O–H groups in total. The third kappa shape index (κ3) is 0.399. The average molecular weight is 108 g/mol. The summed E-state index contributed by atoms with van der Waals surface area (Å²) in [6.07, 6.45) is 5.71. The first-order valence-corrected chi connectivity index (χ1v) is 2.98. The first kappa shape index (κ1) is 4.13. The highest BCUT2D eigenvalue weighted by molar-refractivity contribution is 5.20. The number of rotatable bonds is 0. The molecule has 0 amide bonds. The van der Waals surface area contributed by atoms with Gasteiger partial charge in [0.2, 0.25) is 0 Å². The standard InChI is InChI=1S/C6H8N2/c1-2-5-4-7-8-6(5)3-1/h4H,1-3H2,(H,7,8). The topological polar surface area (TPSA) is 28.7 Å². The zero-order chi connectivity index (χ0) is 5.40. The average Bonchev–Trinajstić information content (AvgIpc) is 2.15. The lowest BCUT2D eigenvalue weighted by Gasteiger charge is -1.76. The van der Waals surface area contributed by atoms with Crippen molar-refractivity contribution in [2.45, 2.75) is 19.3 Å². The predicted octanol–water partition coefficient (Wildman–Crippen LogP) is 0.898. The molecular formula is C6H8N2. The van der Waals surface area contributed by atoms with Crippen LogP contribution in [0.1, 0.15) is 17.7 Å². The number of aryl methyl sites for hydroxylation is 2. The quantitative estimate of drug-likeness (QED) is 0.525. The van der Waals surface area contributed by atoms with E-state index >= 15 is 0 Å². The number of aromatic amines is 1. The van der Waals surface area contributed by atoms with Crippen molar-refractivity contribution >= 4 is 0 Å². The summed E-state index contributed by atoms with van der Waals surface area (Å²) in [5.74, 6) is 0. The molecule has 42 valence electrons. The highest BCUT2D eigenvalue weighted by Crippen LogP contribution is 2.17. The summed E-state index contributed by atoms with van der Waals surface area (Å²) in [6.45, 7) is 0. The van der Waals surface area contributed by atoms with Crippen molar-refractivity contribution in [3.63, 3.8) is 0 Å². The molecule has 0 aliphatic heterocycles. The van der Waals surface area contributed by atoms with Gasteiger partial charge >= 0.3 is 0 Å². The van der Waals surface area contributed by atoms with Crippen LogP contribution in [0, 0.1) is 0 Å². The molecule has 1 aliphatic carbocycles. The van der Waals surface area contributed by atoms with E-state index in [-0.39, 0.29) is 0 Å². The Bertz CT molecular complexity index is 172. The predicted molar refractivity (Wildman–Crippen MR) is 30.6 cm³/mol. The van der Waals surface area contributed by atoms with Gasteiger partial charge < -0.3 is 0 Å². The van der Waals surface area contributed by atoms with Crippen molar-refractivity contribution in [2.75, 3.05) is 0 Å². The molecule has 2 nitrogen and oxygen atoms in total. The van der Waals surface area contributed by atoms with Gasteiger partial charge in [-0.1, -0.05) is 0 Å². The van der Waals surface area contributed by atoms with Crippen LogP contribution in [0.25, 0.3) is 0 Å². The van der Waals surface area contributed by atoms with Gasteiger partial charge in [-0.15, -0.1) is 0 Å². The van der Waals surface area contributed by atoms with Gasteiger partial charge in [0.15, 0.2) is 0 Å². The largest absolute Gasteiger partial charge is 0.285 e. The molecule has 1 aromatic rings. The second kappa shape index (κ2) is 1.34. The van der Waals surface area contributed by atoms with Crippen LogP contribution in [0.2, 0.25) is 0 Å². The minimum Gasteiger partial charge on any atom is -0.285 e. The molecule has 0 saturated carbocycles. The Balaban J connectivity index is 2.54. The van der Waals surface area contributed by atoms with Gasteiger partial charge in [0.25, 0.3) is 0 Å². The van der Waals surface area contributed by atoms with Gasteiger partial charge in [-0.25, -0.2) is 0 Å². The fourth-order valence-electron chi connectivity index (χ4n) is 1.22. The molecule has 0 radical (unpaired) electrons. The lowest BCUT2D eigenvalue weighted by atomic mass is 10.3. The summed E-state index contributed by atoms with van der Waals surface area (Å²) < 4.78 is 0. The molecule has 0 fully saturated rings. The normalized spacial score (nSPS) is 16.5. The highest BCUT2D eigenvalue weighted by atomic mass is 15.1. The zero-order valence-electron chi connectivity index (χ0n) is 4.65. The smallest absolute Gasteiger partial charge is 0.0654 e. The Labute approximate surface area is 47.9 Å². The molecule has 2 rings (SSSR count). The van der Waals surface area contributed by atoms with Gasteiger partial charge in [0, 0.05) is 6.20 Å². The van der Waals surface area contributed by atoms with Crippen LogP contribution in [-0.4, -0.2) is 10.2 Å². The van der Waals surface area contributed by atoms with E-state index in [0.717, 1.165) is 0 Å². The Hall–Kier alpha value is -0.790. The summed E-state index contributed by atoms with van der Waals surface area (Å²) in [5, 5.41) is 6.92. The van der Waals surface area contributed by atoms with Crippen molar-refractivity contribution in [1.82, 2.24) is 10.2 Å². The third-order valence-corrected chi connectivity index (χ3v) is 1.67. The lowest BCUT2D eigenvalue weighted by molar-refractivity contribution is 0.864. The number of aromatic nitrogens is 2. The Morgan fingerprint density at radius 2 is 2.50 bits per heavy atom. The van der Waals surface area contributed by atoms with Gasteiger partial charge in [-0.3, -0.25) is 5.10 Å². The Kier molecular flexibility index (Phi) is 0.692. The molecule has 1 aromatic heterocycles. The molecule has 0 atom stereocenters. The molecular weight excluding hydrogens is 100 g/mol. The number of H-pyrrole nitrogens is 1. The number of nitrogens with one attached hydrogen (secondary N) is 1. The van der Waals surface area contributed by atoms with Gasteiger partial charge in [-0.2, -0.15) is 5.10 Å². The zero-order valence-corrected chi connectivity index (χ0v) is 4.65. The van der Waals surface area contributed by atoms with E-state index in [0.29, 0.717) is 0 Å². The first-order chi connectivity index (χ1) is 3.97. The number of fused-ring (bicyclic) bond motifs is 1.